The monoisotopic (exact) mass is 316 g/mol. The van der Waals surface area contributed by atoms with Crippen LogP contribution in [0.2, 0.25) is 0 Å². The van der Waals surface area contributed by atoms with Crippen molar-refractivity contribution in [2.45, 2.75) is 51.4 Å². The molecule has 2 heterocycles. The lowest BCUT2D eigenvalue weighted by atomic mass is 9.95. The average molecular weight is 317 g/mol. The number of piperazine rings is 1. The Morgan fingerprint density at radius 3 is 2.60 bits per heavy atom. The number of nitrogens with zero attached hydrogens (tertiary/aromatic N) is 1. The van der Waals surface area contributed by atoms with Gasteiger partial charge in [0.05, 0.1) is 0 Å². The van der Waals surface area contributed by atoms with Gasteiger partial charge in [0, 0.05) is 54.2 Å². The lowest BCUT2D eigenvalue weighted by Crippen LogP contribution is -2.59. The predicted octanol–water partition coefficient (Wildman–Crippen LogP) is 3.18. The molecule has 0 aromatic heterocycles. The summed E-state index contributed by atoms with van der Waals surface area (Å²) < 4.78 is 0. The van der Waals surface area contributed by atoms with Gasteiger partial charge in [-0.2, -0.15) is 23.5 Å². The summed E-state index contributed by atoms with van der Waals surface area (Å²) in [7, 11) is 0. The molecule has 2 fully saturated rings. The topological polar surface area (TPSA) is 15.3 Å². The van der Waals surface area contributed by atoms with Crippen LogP contribution in [0.25, 0.3) is 0 Å². The molecule has 0 spiro atoms. The van der Waals surface area contributed by atoms with Gasteiger partial charge in [0.2, 0.25) is 0 Å². The van der Waals surface area contributed by atoms with Crippen molar-refractivity contribution in [1.29, 1.82) is 0 Å². The van der Waals surface area contributed by atoms with E-state index in [9.17, 15) is 0 Å². The molecule has 2 aliphatic rings. The quantitative estimate of drug-likeness (QED) is 0.837. The third-order valence-electron chi connectivity index (χ3n) is 4.39. The zero-order valence-corrected chi connectivity index (χ0v) is 15.2. The van der Waals surface area contributed by atoms with E-state index in [-0.39, 0.29) is 0 Å². The SMILES string of the molecule is CC(C)CC1CN(CC2CSCCS2)C(C(C)C)CN1. The number of hydrogen-bond acceptors (Lipinski definition) is 4. The molecule has 2 rings (SSSR count). The van der Waals surface area contributed by atoms with E-state index in [1.807, 2.05) is 0 Å². The number of hydrogen-bond donors (Lipinski definition) is 1. The number of rotatable bonds is 5. The Morgan fingerprint density at radius 2 is 2.00 bits per heavy atom. The summed E-state index contributed by atoms with van der Waals surface area (Å²) in [6.45, 7) is 13.2. The summed E-state index contributed by atoms with van der Waals surface area (Å²) in [6, 6.07) is 1.43. The molecule has 0 radical (unpaired) electrons. The van der Waals surface area contributed by atoms with Gasteiger partial charge in [0.1, 0.15) is 0 Å². The van der Waals surface area contributed by atoms with Crippen LogP contribution in [0.4, 0.5) is 0 Å². The van der Waals surface area contributed by atoms with E-state index in [4.69, 9.17) is 0 Å². The van der Waals surface area contributed by atoms with Gasteiger partial charge in [-0.1, -0.05) is 27.7 Å². The number of nitrogens with one attached hydrogen (secondary N) is 1. The van der Waals surface area contributed by atoms with Crippen molar-refractivity contribution in [2.24, 2.45) is 11.8 Å². The summed E-state index contributed by atoms with van der Waals surface area (Å²) in [5.74, 6) is 5.61. The highest BCUT2D eigenvalue weighted by Crippen LogP contribution is 2.27. The number of thioether (sulfide) groups is 2. The molecule has 3 unspecified atom stereocenters. The molecular weight excluding hydrogens is 284 g/mol. The van der Waals surface area contributed by atoms with Gasteiger partial charge >= 0.3 is 0 Å². The Hall–Kier alpha value is 0.620. The Morgan fingerprint density at radius 1 is 1.20 bits per heavy atom. The lowest BCUT2D eigenvalue weighted by molar-refractivity contribution is 0.0940. The summed E-state index contributed by atoms with van der Waals surface area (Å²) in [4.78, 5) is 2.80. The first-order valence-electron chi connectivity index (χ1n) is 8.23. The Bertz CT molecular complexity index is 278. The molecule has 0 saturated carbocycles. The smallest absolute Gasteiger partial charge is 0.0265 e. The summed E-state index contributed by atoms with van der Waals surface area (Å²) >= 11 is 4.35. The van der Waals surface area contributed by atoms with Gasteiger partial charge in [-0.15, -0.1) is 0 Å². The first kappa shape index (κ1) is 17.0. The third-order valence-corrected chi connectivity index (χ3v) is 7.22. The highest BCUT2D eigenvalue weighted by atomic mass is 32.2. The van der Waals surface area contributed by atoms with E-state index in [0.29, 0.717) is 6.04 Å². The molecule has 118 valence electrons. The summed E-state index contributed by atoms with van der Waals surface area (Å²) in [5.41, 5.74) is 0. The van der Waals surface area contributed by atoms with E-state index < -0.39 is 0 Å². The lowest BCUT2D eigenvalue weighted by Gasteiger charge is -2.44. The first-order valence-corrected chi connectivity index (χ1v) is 10.4. The van der Waals surface area contributed by atoms with Crippen LogP contribution in [0.5, 0.6) is 0 Å². The fraction of sp³-hybridized carbons (Fsp3) is 1.00. The normalized spacial score (nSPS) is 33.0. The van der Waals surface area contributed by atoms with Crippen molar-refractivity contribution < 1.29 is 0 Å². The van der Waals surface area contributed by atoms with E-state index in [0.717, 1.165) is 23.1 Å². The second-order valence-electron chi connectivity index (χ2n) is 7.07. The van der Waals surface area contributed by atoms with Gasteiger partial charge in [0.15, 0.2) is 0 Å². The van der Waals surface area contributed by atoms with Gasteiger partial charge in [-0.05, 0) is 18.3 Å². The summed E-state index contributed by atoms with van der Waals surface area (Å²) in [5, 5.41) is 4.65. The minimum Gasteiger partial charge on any atom is -0.311 e. The van der Waals surface area contributed by atoms with Crippen LogP contribution in [-0.2, 0) is 0 Å². The molecule has 20 heavy (non-hydrogen) atoms. The van der Waals surface area contributed by atoms with Crippen molar-refractivity contribution in [2.75, 3.05) is 36.9 Å². The molecule has 0 aromatic carbocycles. The molecule has 0 amide bonds. The molecule has 0 aliphatic carbocycles. The molecular formula is C16H32N2S2. The highest BCUT2D eigenvalue weighted by molar-refractivity contribution is 8.06. The van der Waals surface area contributed by atoms with Crippen molar-refractivity contribution in [3.63, 3.8) is 0 Å². The molecule has 4 heteroatoms. The van der Waals surface area contributed by atoms with E-state index in [1.54, 1.807) is 0 Å². The van der Waals surface area contributed by atoms with Crippen LogP contribution in [0.1, 0.15) is 34.1 Å². The van der Waals surface area contributed by atoms with Crippen LogP contribution in [0, 0.1) is 11.8 Å². The fourth-order valence-corrected chi connectivity index (χ4v) is 6.09. The zero-order chi connectivity index (χ0) is 14.5. The maximum Gasteiger partial charge on any atom is 0.0265 e. The van der Waals surface area contributed by atoms with Crippen molar-refractivity contribution >= 4 is 23.5 Å². The molecule has 2 saturated heterocycles. The van der Waals surface area contributed by atoms with Crippen LogP contribution in [-0.4, -0.2) is 59.1 Å². The Balaban J connectivity index is 1.91. The van der Waals surface area contributed by atoms with Gasteiger partial charge < -0.3 is 5.32 Å². The van der Waals surface area contributed by atoms with Gasteiger partial charge in [-0.25, -0.2) is 0 Å². The summed E-state index contributed by atoms with van der Waals surface area (Å²) in [6.07, 6.45) is 1.31. The highest BCUT2D eigenvalue weighted by Gasteiger charge is 2.31. The van der Waals surface area contributed by atoms with Crippen LogP contribution >= 0.6 is 23.5 Å². The second kappa shape index (κ2) is 8.30. The van der Waals surface area contributed by atoms with E-state index in [2.05, 4.69) is 61.4 Å². The van der Waals surface area contributed by atoms with Crippen LogP contribution < -0.4 is 5.32 Å². The van der Waals surface area contributed by atoms with Crippen molar-refractivity contribution in [3.05, 3.63) is 0 Å². The standard InChI is InChI=1S/C16H32N2S2/c1-12(2)7-14-9-18(16(8-17-14)13(3)4)10-15-11-19-5-6-20-15/h12-17H,5-11H2,1-4H3. The molecule has 1 N–H and O–H groups in total. The zero-order valence-electron chi connectivity index (χ0n) is 13.6. The Labute approximate surface area is 134 Å². The average Bonchev–Trinajstić information content (AvgIpc) is 2.39. The van der Waals surface area contributed by atoms with E-state index >= 15 is 0 Å². The molecule has 3 atom stereocenters. The molecule has 0 aromatic rings. The first-order chi connectivity index (χ1) is 9.56. The van der Waals surface area contributed by atoms with E-state index in [1.165, 1.54) is 43.3 Å². The Kier molecular flexibility index (Phi) is 7.05. The largest absolute Gasteiger partial charge is 0.311 e. The minimum absolute atomic E-state index is 0.700. The van der Waals surface area contributed by atoms with Crippen molar-refractivity contribution in [1.82, 2.24) is 10.2 Å². The minimum atomic E-state index is 0.700. The van der Waals surface area contributed by atoms with Gasteiger partial charge in [0.25, 0.3) is 0 Å². The van der Waals surface area contributed by atoms with Crippen molar-refractivity contribution in [3.8, 4) is 0 Å². The van der Waals surface area contributed by atoms with Gasteiger partial charge in [-0.3, -0.25) is 4.90 Å². The molecule has 0 bridgehead atoms. The maximum atomic E-state index is 3.80. The maximum absolute atomic E-state index is 3.80. The van der Waals surface area contributed by atoms with Crippen LogP contribution in [0.15, 0.2) is 0 Å². The predicted molar refractivity (Wildman–Crippen MR) is 95.0 cm³/mol. The molecule has 2 aliphatic heterocycles. The fourth-order valence-electron chi connectivity index (χ4n) is 3.40. The molecule has 2 nitrogen and oxygen atoms in total. The third kappa shape index (κ3) is 5.11. The second-order valence-corrected chi connectivity index (χ2v) is 9.63. The van der Waals surface area contributed by atoms with Crippen LogP contribution in [0.3, 0.4) is 0 Å².